The second-order valence-corrected chi connectivity index (χ2v) is 5.19. The van der Waals surface area contributed by atoms with Crippen LogP contribution in [-0.2, 0) is 11.3 Å². The Labute approximate surface area is 130 Å². The van der Waals surface area contributed by atoms with Gasteiger partial charge in [-0.3, -0.25) is 0 Å². The van der Waals surface area contributed by atoms with Crippen LogP contribution < -0.4 is 5.73 Å². The van der Waals surface area contributed by atoms with E-state index in [1.54, 1.807) is 13.1 Å². The van der Waals surface area contributed by atoms with Gasteiger partial charge in [-0.15, -0.1) is 0 Å². The third-order valence-electron chi connectivity index (χ3n) is 3.52. The summed E-state index contributed by atoms with van der Waals surface area (Å²) in [5.74, 6) is -0.483. The smallest absolute Gasteiger partial charge is 0.342 e. The van der Waals surface area contributed by atoms with E-state index in [4.69, 9.17) is 10.5 Å². The molecule has 0 radical (unpaired) electrons. The average molecular weight is 302 g/mol. The summed E-state index contributed by atoms with van der Waals surface area (Å²) < 4.78 is 6.91. The van der Waals surface area contributed by atoms with E-state index in [-0.39, 0.29) is 6.61 Å². The lowest BCUT2D eigenvalue weighted by molar-refractivity contribution is 0.0550. The van der Waals surface area contributed by atoms with Crippen molar-refractivity contribution in [2.45, 2.75) is 39.7 Å². The van der Waals surface area contributed by atoms with Crippen LogP contribution in [0.2, 0.25) is 0 Å². The maximum absolute atomic E-state index is 12.1. The molecule has 118 valence electrons. The van der Waals surface area contributed by atoms with Gasteiger partial charge in [0.15, 0.2) is 5.65 Å². The second-order valence-electron chi connectivity index (χ2n) is 5.19. The van der Waals surface area contributed by atoms with Gasteiger partial charge < -0.3 is 10.5 Å². The number of pyridine rings is 1. The molecular weight excluding hydrogens is 280 g/mol. The molecule has 0 atom stereocenters. The van der Waals surface area contributed by atoms with Crippen LogP contribution in [0, 0.1) is 6.92 Å². The predicted octanol–water partition coefficient (Wildman–Crippen LogP) is 2.85. The Bertz CT molecular complexity index is 691. The maximum Gasteiger partial charge on any atom is 0.342 e. The summed E-state index contributed by atoms with van der Waals surface area (Å²) in [6, 6.07) is 0. The number of fused-ring (bicyclic) bond motifs is 1. The first-order chi connectivity index (χ1) is 10.6. The Kier molecular flexibility index (Phi) is 5.14. The van der Waals surface area contributed by atoms with E-state index in [9.17, 15) is 4.79 Å². The molecular formula is C16H22N4O2. The monoisotopic (exact) mass is 302 g/mol. The molecule has 0 amide bonds. The lowest BCUT2D eigenvalue weighted by Crippen LogP contribution is -2.12. The number of nitrogens with zero attached hydrogens (tertiary/aromatic N) is 3. The standard InChI is InChI=1S/C16H22N4O2/c1-4-6-7-8-20-15-12(10-18-20)14(17)13(11(3)19-15)16(21)22-9-5-2/h5,10H,2,4,6-9H2,1,3H3,(H2,17,19). The van der Waals surface area contributed by atoms with Gasteiger partial charge in [0.1, 0.15) is 12.2 Å². The minimum Gasteiger partial charge on any atom is -0.458 e. The number of ether oxygens (including phenoxy) is 1. The summed E-state index contributed by atoms with van der Waals surface area (Å²) in [4.78, 5) is 16.6. The van der Waals surface area contributed by atoms with Crippen LogP contribution in [0.15, 0.2) is 18.9 Å². The molecule has 6 nitrogen and oxygen atoms in total. The Hall–Kier alpha value is -2.37. The van der Waals surface area contributed by atoms with Gasteiger partial charge >= 0.3 is 5.97 Å². The van der Waals surface area contributed by atoms with Gasteiger partial charge in [-0.2, -0.15) is 5.10 Å². The van der Waals surface area contributed by atoms with Crippen LogP contribution in [0.3, 0.4) is 0 Å². The summed E-state index contributed by atoms with van der Waals surface area (Å²) in [7, 11) is 0. The zero-order chi connectivity index (χ0) is 16.1. The van der Waals surface area contributed by atoms with Gasteiger partial charge in [-0.05, 0) is 13.3 Å². The van der Waals surface area contributed by atoms with E-state index < -0.39 is 5.97 Å². The van der Waals surface area contributed by atoms with Crippen LogP contribution in [0.5, 0.6) is 0 Å². The molecule has 0 spiro atoms. The summed E-state index contributed by atoms with van der Waals surface area (Å²) >= 11 is 0. The van der Waals surface area contributed by atoms with Gasteiger partial charge in [-0.1, -0.05) is 32.4 Å². The molecule has 0 unspecified atom stereocenters. The van der Waals surface area contributed by atoms with E-state index in [2.05, 4.69) is 23.6 Å². The third kappa shape index (κ3) is 3.10. The normalized spacial score (nSPS) is 10.8. The largest absolute Gasteiger partial charge is 0.458 e. The van der Waals surface area contributed by atoms with E-state index in [1.165, 1.54) is 6.08 Å². The minimum absolute atomic E-state index is 0.145. The Morgan fingerprint density at radius 2 is 2.27 bits per heavy atom. The van der Waals surface area contributed by atoms with Crippen LogP contribution in [0.25, 0.3) is 11.0 Å². The number of nitrogens with two attached hydrogens (primary N) is 1. The van der Waals surface area contributed by atoms with Crippen LogP contribution >= 0.6 is 0 Å². The summed E-state index contributed by atoms with van der Waals surface area (Å²) in [6.45, 7) is 8.37. The van der Waals surface area contributed by atoms with E-state index >= 15 is 0 Å². The van der Waals surface area contributed by atoms with Crippen molar-refractivity contribution < 1.29 is 9.53 Å². The number of nitrogen functional groups attached to an aromatic ring is 1. The van der Waals surface area contributed by atoms with Crippen molar-refractivity contribution in [3.05, 3.63) is 30.1 Å². The fourth-order valence-corrected chi connectivity index (χ4v) is 2.37. The first-order valence-corrected chi connectivity index (χ1v) is 7.49. The van der Waals surface area contributed by atoms with Crippen molar-refractivity contribution in [3.63, 3.8) is 0 Å². The van der Waals surface area contributed by atoms with Crippen LogP contribution in [0.1, 0.15) is 42.2 Å². The molecule has 0 saturated carbocycles. The lowest BCUT2D eigenvalue weighted by atomic mass is 10.1. The molecule has 0 bridgehead atoms. The van der Waals surface area contributed by atoms with Crippen molar-refractivity contribution in [1.29, 1.82) is 0 Å². The number of carbonyl (C=O) groups is 1. The predicted molar refractivity (Wildman–Crippen MR) is 86.7 cm³/mol. The molecule has 2 aromatic heterocycles. The number of unbranched alkanes of at least 4 members (excludes halogenated alkanes) is 2. The van der Waals surface area contributed by atoms with E-state index in [0.717, 1.165) is 25.8 Å². The molecule has 0 aliphatic rings. The van der Waals surface area contributed by atoms with E-state index in [0.29, 0.717) is 28.0 Å². The highest BCUT2D eigenvalue weighted by atomic mass is 16.5. The van der Waals surface area contributed by atoms with Crippen molar-refractivity contribution in [2.24, 2.45) is 0 Å². The Morgan fingerprint density at radius 1 is 1.50 bits per heavy atom. The lowest BCUT2D eigenvalue weighted by Gasteiger charge is -2.10. The molecule has 0 fully saturated rings. The van der Waals surface area contributed by atoms with Gasteiger partial charge in [0.05, 0.1) is 23.0 Å². The molecule has 2 heterocycles. The van der Waals surface area contributed by atoms with Gasteiger partial charge in [0, 0.05) is 6.54 Å². The number of hydrogen-bond acceptors (Lipinski definition) is 5. The molecule has 6 heteroatoms. The van der Waals surface area contributed by atoms with Gasteiger partial charge in [-0.25, -0.2) is 14.5 Å². The zero-order valence-corrected chi connectivity index (χ0v) is 13.1. The van der Waals surface area contributed by atoms with E-state index in [1.807, 2.05) is 4.68 Å². The molecule has 2 rings (SSSR count). The Balaban J connectivity index is 2.38. The first kappa shape index (κ1) is 16.0. The molecule has 22 heavy (non-hydrogen) atoms. The molecule has 0 aliphatic heterocycles. The number of esters is 1. The number of rotatable bonds is 7. The number of hydrogen-bond donors (Lipinski definition) is 1. The highest BCUT2D eigenvalue weighted by Gasteiger charge is 2.20. The van der Waals surface area contributed by atoms with Crippen molar-refractivity contribution in [2.75, 3.05) is 12.3 Å². The number of aryl methyl sites for hydroxylation is 2. The quantitative estimate of drug-likeness (QED) is 0.483. The molecule has 0 aromatic carbocycles. The van der Waals surface area contributed by atoms with Crippen LogP contribution in [-0.4, -0.2) is 27.3 Å². The highest BCUT2D eigenvalue weighted by Crippen LogP contribution is 2.26. The maximum atomic E-state index is 12.1. The summed E-state index contributed by atoms with van der Waals surface area (Å²) in [5, 5.41) is 5.03. The summed E-state index contributed by atoms with van der Waals surface area (Å²) in [5.41, 5.74) is 8.09. The Morgan fingerprint density at radius 3 is 2.95 bits per heavy atom. The summed E-state index contributed by atoms with van der Waals surface area (Å²) in [6.07, 6.45) is 6.50. The van der Waals surface area contributed by atoms with Crippen molar-refractivity contribution in [3.8, 4) is 0 Å². The SMILES string of the molecule is C=CCOC(=O)c1c(C)nc2c(cnn2CCCCC)c1N. The zero-order valence-electron chi connectivity index (χ0n) is 13.1. The van der Waals surface area contributed by atoms with Crippen LogP contribution in [0.4, 0.5) is 5.69 Å². The first-order valence-electron chi connectivity index (χ1n) is 7.49. The number of aromatic nitrogens is 3. The fourth-order valence-electron chi connectivity index (χ4n) is 2.37. The highest BCUT2D eigenvalue weighted by molar-refractivity contribution is 6.04. The van der Waals surface area contributed by atoms with Crippen molar-refractivity contribution in [1.82, 2.24) is 14.8 Å². The molecule has 2 N–H and O–H groups in total. The van der Waals surface area contributed by atoms with Gasteiger partial charge in [0.2, 0.25) is 0 Å². The fraction of sp³-hybridized carbons (Fsp3) is 0.438. The van der Waals surface area contributed by atoms with Crippen molar-refractivity contribution >= 4 is 22.7 Å². The van der Waals surface area contributed by atoms with Gasteiger partial charge in [0.25, 0.3) is 0 Å². The third-order valence-corrected chi connectivity index (χ3v) is 3.52. The molecule has 2 aromatic rings. The topological polar surface area (TPSA) is 83.0 Å². The molecule has 0 aliphatic carbocycles. The molecule has 0 saturated heterocycles. The minimum atomic E-state index is -0.483. The second kappa shape index (κ2) is 7.06. The average Bonchev–Trinajstić information content (AvgIpc) is 2.88. The number of anilines is 1. The number of carbonyl (C=O) groups excluding carboxylic acids is 1.